The second-order valence-electron chi connectivity index (χ2n) is 6.03. The summed E-state index contributed by atoms with van der Waals surface area (Å²) >= 11 is 0. The maximum absolute atomic E-state index is 12.4. The van der Waals surface area contributed by atoms with Crippen LogP contribution in [0.1, 0.15) is 55.2 Å². The summed E-state index contributed by atoms with van der Waals surface area (Å²) in [6.07, 6.45) is 5.83. The molecule has 1 aliphatic heterocycles. The molecule has 1 saturated heterocycles. The Morgan fingerprint density at radius 1 is 1.11 bits per heavy atom. The van der Waals surface area contributed by atoms with Gasteiger partial charge in [-0.05, 0) is 49.1 Å². The average molecular weight is 241 g/mol. The Balaban J connectivity index is 1.73. The van der Waals surface area contributed by atoms with Gasteiger partial charge in [0.2, 0.25) is 5.91 Å². The number of benzene rings is 1. The molecule has 1 saturated carbocycles. The number of likely N-dealkylation sites (tertiary alicyclic amines) is 1. The standard InChI is InChI=1S/C16H19NO/c18-16(11-7-8-11)17-9-3-4-12-10-15(17)14-6-2-1-5-13(12)14/h1-2,5-6,11-12,15H,3-4,7-10H2/t12-,15-/m0/s1. The molecule has 2 bridgehead atoms. The van der Waals surface area contributed by atoms with Crippen molar-refractivity contribution in [2.45, 2.75) is 44.1 Å². The normalized spacial score (nSPS) is 29.9. The number of amides is 1. The second-order valence-corrected chi connectivity index (χ2v) is 6.03. The van der Waals surface area contributed by atoms with Crippen molar-refractivity contribution in [1.82, 2.24) is 4.90 Å². The van der Waals surface area contributed by atoms with Crippen LogP contribution in [0, 0.1) is 5.92 Å². The van der Waals surface area contributed by atoms with E-state index in [2.05, 4.69) is 29.2 Å². The zero-order chi connectivity index (χ0) is 12.1. The maximum atomic E-state index is 12.4. The van der Waals surface area contributed by atoms with E-state index < -0.39 is 0 Å². The summed E-state index contributed by atoms with van der Waals surface area (Å²) < 4.78 is 0. The quantitative estimate of drug-likeness (QED) is 0.739. The van der Waals surface area contributed by atoms with Crippen molar-refractivity contribution in [2.24, 2.45) is 5.92 Å². The predicted molar refractivity (Wildman–Crippen MR) is 70.2 cm³/mol. The van der Waals surface area contributed by atoms with Crippen molar-refractivity contribution in [1.29, 1.82) is 0 Å². The Kier molecular flexibility index (Phi) is 2.26. The van der Waals surface area contributed by atoms with Crippen LogP contribution < -0.4 is 0 Å². The summed E-state index contributed by atoms with van der Waals surface area (Å²) in [4.78, 5) is 14.6. The molecule has 1 heterocycles. The van der Waals surface area contributed by atoms with Crippen molar-refractivity contribution in [2.75, 3.05) is 6.54 Å². The van der Waals surface area contributed by atoms with Crippen LogP contribution in [-0.4, -0.2) is 17.4 Å². The number of fused-ring (bicyclic) bond motifs is 5. The lowest BCUT2D eigenvalue weighted by Crippen LogP contribution is -2.35. The smallest absolute Gasteiger partial charge is 0.226 e. The first-order chi connectivity index (χ1) is 8.84. The molecule has 0 aromatic heterocycles. The van der Waals surface area contributed by atoms with Gasteiger partial charge in [-0.1, -0.05) is 24.3 Å². The van der Waals surface area contributed by atoms with Crippen LogP contribution in [0.5, 0.6) is 0 Å². The molecule has 3 aliphatic rings. The van der Waals surface area contributed by atoms with Gasteiger partial charge >= 0.3 is 0 Å². The molecule has 4 rings (SSSR count). The van der Waals surface area contributed by atoms with E-state index in [0.29, 0.717) is 23.8 Å². The highest BCUT2D eigenvalue weighted by molar-refractivity contribution is 5.81. The van der Waals surface area contributed by atoms with Crippen molar-refractivity contribution < 1.29 is 4.79 Å². The largest absolute Gasteiger partial charge is 0.335 e. The van der Waals surface area contributed by atoms with Gasteiger partial charge in [0.15, 0.2) is 0 Å². The van der Waals surface area contributed by atoms with Gasteiger partial charge in [-0.25, -0.2) is 0 Å². The summed E-state index contributed by atoms with van der Waals surface area (Å²) in [6.45, 7) is 0.977. The van der Waals surface area contributed by atoms with Crippen LogP contribution in [0.2, 0.25) is 0 Å². The number of nitrogens with zero attached hydrogens (tertiary/aromatic N) is 1. The van der Waals surface area contributed by atoms with Crippen LogP contribution >= 0.6 is 0 Å². The molecule has 1 aromatic carbocycles. The summed E-state index contributed by atoms with van der Waals surface area (Å²) in [5.74, 6) is 1.48. The Morgan fingerprint density at radius 3 is 2.67 bits per heavy atom. The monoisotopic (exact) mass is 241 g/mol. The first kappa shape index (κ1) is 10.6. The molecule has 2 fully saturated rings. The molecule has 0 unspecified atom stereocenters. The second kappa shape index (κ2) is 3.84. The summed E-state index contributed by atoms with van der Waals surface area (Å²) in [6, 6.07) is 9.14. The Labute approximate surface area is 108 Å². The minimum Gasteiger partial charge on any atom is -0.335 e. The van der Waals surface area contributed by atoms with Gasteiger partial charge in [-0.2, -0.15) is 0 Å². The number of carbonyl (C=O) groups is 1. The first-order valence-electron chi connectivity index (χ1n) is 7.24. The highest BCUT2D eigenvalue weighted by atomic mass is 16.2. The molecule has 2 aliphatic carbocycles. The third kappa shape index (κ3) is 1.51. The highest BCUT2D eigenvalue weighted by Crippen LogP contribution is 2.49. The zero-order valence-corrected chi connectivity index (χ0v) is 10.6. The molecule has 1 amide bonds. The number of hydrogen-bond acceptors (Lipinski definition) is 1. The molecule has 18 heavy (non-hydrogen) atoms. The molecule has 2 heteroatoms. The van der Waals surface area contributed by atoms with Gasteiger partial charge in [0.25, 0.3) is 0 Å². The molecule has 0 N–H and O–H groups in total. The molecule has 2 atom stereocenters. The molecule has 0 radical (unpaired) electrons. The molecule has 94 valence electrons. The van der Waals surface area contributed by atoms with Gasteiger partial charge in [0.1, 0.15) is 0 Å². The summed E-state index contributed by atoms with van der Waals surface area (Å²) in [7, 11) is 0. The average Bonchev–Trinajstić information content (AvgIpc) is 3.19. The van der Waals surface area contributed by atoms with Crippen LogP contribution in [-0.2, 0) is 4.79 Å². The van der Waals surface area contributed by atoms with Crippen molar-refractivity contribution in [3.8, 4) is 0 Å². The Hall–Kier alpha value is -1.31. The van der Waals surface area contributed by atoms with Gasteiger partial charge in [0.05, 0.1) is 6.04 Å². The molecule has 0 spiro atoms. The van der Waals surface area contributed by atoms with Gasteiger partial charge in [-0.15, -0.1) is 0 Å². The number of hydrogen-bond donors (Lipinski definition) is 0. The predicted octanol–water partition coefficient (Wildman–Crippen LogP) is 3.25. The fraction of sp³-hybridized carbons (Fsp3) is 0.562. The van der Waals surface area contributed by atoms with Crippen LogP contribution in [0.4, 0.5) is 0 Å². The summed E-state index contributed by atoms with van der Waals surface area (Å²) in [5.41, 5.74) is 2.94. The van der Waals surface area contributed by atoms with E-state index in [1.807, 2.05) is 0 Å². The van der Waals surface area contributed by atoms with E-state index in [4.69, 9.17) is 0 Å². The van der Waals surface area contributed by atoms with E-state index in [0.717, 1.165) is 25.8 Å². The molecule has 1 aromatic rings. The van der Waals surface area contributed by atoms with E-state index in [9.17, 15) is 4.79 Å². The highest BCUT2D eigenvalue weighted by Gasteiger charge is 2.42. The molecular formula is C16H19NO. The van der Waals surface area contributed by atoms with Crippen LogP contribution in [0.25, 0.3) is 0 Å². The fourth-order valence-corrected chi connectivity index (χ4v) is 3.77. The Morgan fingerprint density at radius 2 is 1.89 bits per heavy atom. The van der Waals surface area contributed by atoms with E-state index >= 15 is 0 Å². The number of rotatable bonds is 1. The van der Waals surface area contributed by atoms with Gasteiger partial charge < -0.3 is 4.90 Å². The topological polar surface area (TPSA) is 20.3 Å². The van der Waals surface area contributed by atoms with Crippen LogP contribution in [0.15, 0.2) is 24.3 Å². The maximum Gasteiger partial charge on any atom is 0.226 e. The lowest BCUT2D eigenvalue weighted by atomic mass is 9.96. The van der Waals surface area contributed by atoms with E-state index in [-0.39, 0.29) is 0 Å². The minimum atomic E-state index is 0.356. The lowest BCUT2D eigenvalue weighted by molar-refractivity contribution is -0.134. The molecular weight excluding hydrogens is 222 g/mol. The zero-order valence-electron chi connectivity index (χ0n) is 10.6. The van der Waals surface area contributed by atoms with Gasteiger partial charge in [0, 0.05) is 12.5 Å². The lowest BCUT2D eigenvalue weighted by Gasteiger charge is -2.29. The third-order valence-corrected chi connectivity index (χ3v) is 4.84. The van der Waals surface area contributed by atoms with Crippen molar-refractivity contribution in [3.05, 3.63) is 35.4 Å². The van der Waals surface area contributed by atoms with Crippen LogP contribution in [0.3, 0.4) is 0 Å². The van der Waals surface area contributed by atoms with Crippen molar-refractivity contribution >= 4 is 5.91 Å². The van der Waals surface area contributed by atoms with E-state index in [1.165, 1.54) is 24.0 Å². The van der Waals surface area contributed by atoms with Gasteiger partial charge in [-0.3, -0.25) is 4.79 Å². The van der Waals surface area contributed by atoms with Crippen molar-refractivity contribution in [3.63, 3.8) is 0 Å². The summed E-state index contributed by atoms with van der Waals surface area (Å²) in [5, 5.41) is 0. The molecule has 2 nitrogen and oxygen atoms in total. The Bertz CT molecular complexity index is 492. The number of carbonyl (C=O) groups excluding carboxylic acids is 1. The van der Waals surface area contributed by atoms with E-state index in [1.54, 1.807) is 0 Å². The SMILES string of the molecule is O=C(C1CC1)N1CCC[C@H]2C[C@H]1c1ccccc12. The minimum absolute atomic E-state index is 0.356. The third-order valence-electron chi connectivity index (χ3n) is 4.84. The first-order valence-corrected chi connectivity index (χ1v) is 7.24. The fourth-order valence-electron chi connectivity index (χ4n) is 3.77.